The van der Waals surface area contributed by atoms with Crippen molar-refractivity contribution in [2.24, 2.45) is 0 Å². The summed E-state index contributed by atoms with van der Waals surface area (Å²) in [5.74, 6) is 1.67. The molecular weight excluding hydrogens is 296 g/mol. The van der Waals surface area contributed by atoms with Gasteiger partial charge < -0.3 is 5.32 Å². The minimum absolute atomic E-state index is 0.187. The zero-order chi connectivity index (χ0) is 15.4. The monoisotopic (exact) mass is 316 g/mol. The number of thioether (sulfide) groups is 1. The lowest BCUT2D eigenvalue weighted by Gasteiger charge is -2.10. The van der Waals surface area contributed by atoms with Crippen LogP contribution in [0.4, 0.5) is 0 Å². The van der Waals surface area contributed by atoms with Crippen LogP contribution >= 0.6 is 11.8 Å². The first-order valence-electron chi connectivity index (χ1n) is 7.68. The molecule has 0 aromatic heterocycles. The van der Waals surface area contributed by atoms with E-state index < -0.39 is 0 Å². The van der Waals surface area contributed by atoms with E-state index in [0.29, 0.717) is 23.7 Å². The molecule has 3 rings (SSSR count). The lowest BCUT2D eigenvalue weighted by atomic mass is 10.1. The Morgan fingerprint density at radius 2 is 1.91 bits per heavy atom. The molecule has 1 N–H and O–H groups in total. The Hall–Kier alpha value is -1.59. The molecular formula is C17H20N2O2S. The van der Waals surface area contributed by atoms with E-state index in [2.05, 4.69) is 5.32 Å². The first kappa shape index (κ1) is 15.3. The fourth-order valence-corrected chi connectivity index (χ4v) is 3.81. The van der Waals surface area contributed by atoms with Crippen molar-refractivity contribution in [3.63, 3.8) is 0 Å². The highest BCUT2D eigenvalue weighted by molar-refractivity contribution is 7.99. The van der Waals surface area contributed by atoms with E-state index in [0.717, 1.165) is 18.1 Å². The van der Waals surface area contributed by atoms with E-state index >= 15 is 0 Å². The minimum atomic E-state index is -0.187. The van der Waals surface area contributed by atoms with E-state index in [4.69, 9.17) is 0 Å². The van der Waals surface area contributed by atoms with Gasteiger partial charge in [0.1, 0.15) is 0 Å². The highest BCUT2D eigenvalue weighted by Crippen LogP contribution is 2.22. The topological polar surface area (TPSA) is 49.4 Å². The van der Waals surface area contributed by atoms with Gasteiger partial charge in [-0.25, -0.2) is 0 Å². The number of hydrogen-bond donors (Lipinski definition) is 1. The summed E-state index contributed by atoms with van der Waals surface area (Å²) < 4.78 is 0. The number of nitrogens with zero attached hydrogens (tertiary/aromatic N) is 1. The molecule has 22 heavy (non-hydrogen) atoms. The molecule has 1 aromatic rings. The van der Waals surface area contributed by atoms with Gasteiger partial charge in [-0.2, -0.15) is 11.8 Å². The number of nitrogens with one attached hydrogen (secondary N) is 1. The van der Waals surface area contributed by atoms with Gasteiger partial charge in [0.25, 0.3) is 11.8 Å². The third-order valence-corrected chi connectivity index (χ3v) is 5.09. The van der Waals surface area contributed by atoms with Gasteiger partial charge in [0, 0.05) is 24.1 Å². The van der Waals surface area contributed by atoms with Crippen molar-refractivity contribution >= 4 is 23.6 Å². The summed E-state index contributed by atoms with van der Waals surface area (Å²) in [7, 11) is 0. The van der Waals surface area contributed by atoms with Gasteiger partial charge in [-0.1, -0.05) is 24.3 Å². The standard InChI is InChI=1S/C17H20N2O2S/c20-16-14-7-1-2-8-15(14)17(21)19(16)10-3-4-11-22-12-13-6-5-9-18-13/h1-4,7-8,13,18H,5-6,9-12H2/b4-3-. The Balaban J connectivity index is 1.45. The summed E-state index contributed by atoms with van der Waals surface area (Å²) in [6.07, 6.45) is 6.51. The van der Waals surface area contributed by atoms with E-state index in [-0.39, 0.29) is 11.8 Å². The van der Waals surface area contributed by atoms with Crippen molar-refractivity contribution < 1.29 is 9.59 Å². The predicted molar refractivity (Wildman–Crippen MR) is 89.3 cm³/mol. The van der Waals surface area contributed by atoms with Crippen LogP contribution in [-0.2, 0) is 0 Å². The van der Waals surface area contributed by atoms with Crippen molar-refractivity contribution in [2.45, 2.75) is 18.9 Å². The third kappa shape index (κ3) is 3.25. The summed E-state index contributed by atoms with van der Waals surface area (Å²) in [5, 5.41) is 3.47. The number of hydrogen-bond acceptors (Lipinski definition) is 4. The minimum Gasteiger partial charge on any atom is -0.313 e. The number of imide groups is 1. The molecule has 2 amide bonds. The van der Waals surface area contributed by atoms with Gasteiger partial charge in [-0.3, -0.25) is 14.5 Å². The number of amides is 2. The SMILES string of the molecule is O=C1c2ccccc2C(=O)N1C/C=C\CSCC1CCCN1. The maximum atomic E-state index is 12.2. The molecule has 0 radical (unpaired) electrons. The largest absolute Gasteiger partial charge is 0.313 e. The third-order valence-electron chi connectivity index (χ3n) is 4.03. The smallest absolute Gasteiger partial charge is 0.261 e. The van der Waals surface area contributed by atoms with Crippen LogP contribution in [0.15, 0.2) is 36.4 Å². The molecule has 1 unspecified atom stereocenters. The number of benzene rings is 1. The van der Waals surface area contributed by atoms with Crippen molar-refractivity contribution in [1.29, 1.82) is 0 Å². The van der Waals surface area contributed by atoms with Gasteiger partial charge in [0.2, 0.25) is 0 Å². The van der Waals surface area contributed by atoms with Crippen LogP contribution in [0, 0.1) is 0 Å². The molecule has 1 saturated heterocycles. The lowest BCUT2D eigenvalue weighted by molar-refractivity contribution is 0.0672. The molecule has 2 aliphatic rings. The summed E-state index contributed by atoms with van der Waals surface area (Å²) in [6.45, 7) is 1.50. The molecule has 4 nitrogen and oxygen atoms in total. The van der Waals surface area contributed by atoms with Crippen molar-refractivity contribution in [2.75, 3.05) is 24.6 Å². The molecule has 1 fully saturated rings. The molecule has 1 aromatic carbocycles. The van der Waals surface area contributed by atoms with E-state index in [1.807, 2.05) is 23.9 Å². The van der Waals surface area contributed by atoms with Crippen LogP contribution < -0.4 is 5.32 Å². The van der Waals surface area contributed by atoms with Gasteiger partial charge in [-0.05, 0) is 31.5 Å². The van der Waals surface area contributed by atoms with Crippen LogP contribution in [0.2, 0.25) is 0 Å². The van der Waals surface area contributed by atoms with Crippen LogP contribution in [0.5, 0.6) is 0 Å². The highest BCUT2D eigenvalue weighted by atomic mass is 32.2. The first-order chi connectivity index (χ1) is 10.8. The fourth-order valence-electron chi connectivity index (χ4n) is 2.83. The average Bonchev–Trinajstić information content (AvgIpc) is 3.13. The molecule has 116 valence electrons. The molecule has 2 aliphatic heterocycles. The maximum Gasteiger partial charge on any atom is 0.261 e. The van der Waals surface area contributed by atoms with Crippen molar-refractivity contribution in [3.8, 4) is 0 Å². The number of carbonyl (C=O) groups excluding carboxylic acids is 2. The Labute approximate surface area is 135 Å². The Kier molecular flexibility index (Phi) is 4.95. The van der Waals surface area contributed by atoms with E-state index in [9.17, 15) is 9.59 Å². The molecule has 0 bridgehead atoms. The van der Waals surface area contributed by atoms with Gasteiger partial charge >= 0.3 is 0 Å². The normalized spacial score (nSPS) is 21.1. The molecule has 0 spiro atoms. The zero-order valence-corrected chi connectivity index (χ0v) is 13.3. The molecule has 5 heteroatoms. The van der Waals surface area contributed by atoms with Gasteiger partial charge in [0.15, 0.2) is 0 Å². The Bertz CT molecular complexity index is 559. The molecule has 1 atom stereocenters. The molecule has 2 heterocycles. The van der Waals surface area contributed by atoms with Crippen molar-refractivity contribution in [3.05, 3.63) is 47.5 Å². The second-order valence-corrected chi connectivity index (χ2v) is 6.64. The van der Waals surface area contributed by atoms with Crippen LogP contribution in [0.25, 0.3) is 0 Å². The zero-order valence-electron chi connectivity index (χ0n) is 12.5. The van der Waals surface area contributed by atoms with E-state index in [1.165, 1.54) is 17.7 Å². The summed E-state index contributed by atoms with van der Waals surface area (Å²) in [4.78, 5) is 25.6. The van der Waals surface area contributed by atoms with Crippen LogP contribution in [-0.4, -0.2) is 47.4 Å². The second kappa shape index (κ2) is 7.11. The van der Waals surface area contributed by atoms with Crippen molar-refractivity contribution in [1.82, 2.24) is 10.2 Å². The number of rotatable bonds is 6. The number of fused-ring (bicyclic) bond motifs is 1. The summed E-state index contributed by atoms with van der Waals surface area (Å²) in [6, 6.07) is 7.65. The van der Waals surface area contributed by atoms with Crippen LogP contribution in [0.3, 0.4) is 0 Å². The lowest BCUT2D eigenvalue weighted by Crippen LogP contribution is -2.29. The summed E-state index contributed by atoms with van der Waals surface area (Å²) >= 11 is 1.88. The maximum absolute atomic E-state index is 12.2. The molecule has 0 saturated carbocycles. The van der Waals surface area contributed by atoms with Gasteiger partial charge in [-0.15, -0.1) is 0 Å². The second-order valence-electron chi connectivity index (χ2n) is 5.57. The predicted octanol–water partition coefficient (Wildman–Crippen LogP) is 2.32. The Morgan fingerprint density at radius 3 is 2.55 bits per heavy atom. The van der Waals surface area contributed by atoms with E-state index in [1.54, 1.807) is 24.3 Å². The average molecular weight is 316 g/mol. The summed E-state index contributed by atoms with van der Waals surface area (Å²) in [5.41, 5.74) is 1.03. The fraction of sp³-hybridized carbons (Fsp3) is 0.412. The number of carbonyl (C=O) groups is 2. The quantitative estimate of drug-likeness (QED) is 0.497. The molecule has 0 aliphatic carbocycles. The first-order valence-corrected chi connectivity index (χ1v) is 8.84. The van der Waals surface area contributed by atoms with Gasteiger partial charge in [0.05, 0.1) is 11.1 Å². The highest BCUT2D eigenvalue weighted by Gasteiger charge is 2.33. The van der Waals surface area contributed by atoms with Crippen LogP contribution in [0.1, 0.15) is 33.6 Å². The Morgan fingerprint density at radius 1 is 1.18 bits per heavy atom.